The molecule has 2 rings (SSSR count). The Labute approximate surface area is 115 Å². The fraction of sp³-hybridized carbons (Fsp3) is 0.438. The number of hydrogen-bond acceptors (Lipinski definition) is 2. The molecular weight excluding hydrogens is 234 g/mol. The summed E-state index contributed by atoms with van der Waals surface area (Å²) in [6.07, 6.45) is 3.02. The van der Waals surface area contributed by atoms with E-state index in [4.69, 9.17) is 0 Å². The van der Waals surface area contributed by atoms with Crippen LogP contribution in [0.15, 0.2) is 30.5 Å². The van der Waals surface area contributed by atoms with Gasteiger partial charge >= 0.3 is 0 Å². The van der Waals surface area contributed by atoms with Crippen LogP contribution in [0.5, 0.6) is 0 Å². The van der Waals surface area contributed by atoms with Crippen molar-refractivity contribution in [3.63, 3.8) is 0 Å². The quantitative estimate of drug-likeness (QED) is 0.862. The van der Waals surface area contributed by atoms with Gasteiger partial charge in [0.1, 0.15) is 0 Å². The SMILES string of the molecule is CCNCc1cnn(Cc2ccc(C)cc2)c1CC. The Morgan fingerprint density at radius 1 is 1.16 bits per heavy atom. The molecule has 19 heavy (non-hydrogen) atoms. The average Bonchev–Trinajstić information content (AvgIpc) is 2.81. The molecule has 0 aliphatic heterocycles. The Morgan fingerprint density at radius 3 is 2.53 bits per heavy atom. The lowest BCUT2D eigenvalue weighted by atomic mass is 10.1. The molecule has 102 valence electrons. The van der Waals surface area contributed by atoms with Crippen molar-refractivity contribution in [1.82, 2.24) is 15.1 Å². The third kappa shape index (κ3) is 3.44. The summed E-state index contributed by atoms with van der Waals surface area (Å²) in [4.78, 5) is 0. The van der Waals surface area contributed by atoms with Gasteiger partial charge in [0.25, 0.3) is 0 Å². The van der Waals surface area contributed by atoms with Crippen LogP contribution in [0, 0.1) is 6.92 Å². The highest BCUT2D eigenvalue weighted by Crippen LogP contribution is 2.12. The van der Waals surface area contributed by atoms with E-state index < -0.39 is 0 Å². The molecule has 3 heteroatoms. The molecule has 1 aromatic heterocycles. The molecule has 1 N–H and O–H groups in total. The summed E-state index contributed by atoms with van der Waals surface area (Å²) >= 11 is 0. The number of rotatable bonds is 6. The second-order valence-electron chi connectivity index (χ2n) is 4.89. The zero-order valence-electron chi connectivity index (χ0n) is 12.1. The lowest BCUT2D eigenvalue weighted by Gasteiger charge is -2.09. The lowest BCUT2D eigenvalue weighted by Crippen LogP contribution is -2.13. The molecule has 0 spiro atoms. The van der Waals surface area contributed by atoms with Gasteiger partial charge in [0.2, 0.25) is 0 Å². The number of hydrogen-bond donors (Lipinski definition) is 1. The Balaban J connectivity index is 2.15. The number of aromatic nitrogens is 2. The van der Waals surface area contributed by atoms with Crippen LogP contribution < -0.4 is 5.32 Å². The van der Waals surface area contributed by atoms with E-state index in [2.05, 4.69) is 60.1 Å². The lowest BCUT2D eigenvalue weighted by molar-refractivity contribution is 0.642. The number of nitrogens with zero attached hydrogens (tertiary/aromatic N) is 2. The van der Waals surface area contributed by atoms with Gasteiger partial charge in [-0.1, -0.05) is 43.7 Å². The maximum Gasteiger partial charge on any atom is 0.0662 e. The molecule has 1 aromatic carbocycles. The van der Waals surface area contributed by atoms with Crippen LogP contribution in [-0.4, -0.2) is 16.3 Å². The zero-order valence-corrected chi connectivity index (χ0v) is 12.1. The summed E-state index contributed by atoms with van der Waals surface area (Å²) in [5.41, 5.74) is 5.25. The zero-order chi connectivity index (χ0) is 13.7. The molecule has 0 bridgehead atoms. The Bertz CT molecular complexity index is 511. The summed E-state index contributed by atoms with van der Waals surface area (Å²) in [5.74, 6) is 0. The van der Waals surface area contributed by atoms with Crippen LogP contribution in [-0.2, 0) is 19.5 Å². The summed E-state index contributed by atoms with van der Waals surface area (Å²) < 4.78 is 2.12. The van der Waals surface area contributed by atoms with Gasteiger partial charge in [0, 0.05) is 17.8 Å². The molecule has 3 nitrogen and oxygen atoms in total. The van der Waals surface area contributed by atoms with Gasteiger partial charge in [-0.15, -0.1) is 0 Å². The molecule has 0 fully saturated rings. The first-order valence-corrected chi connectivity index (χ1v) is 7.04. The van der Waals surface area contributed by atoms with Crippen LogP contribution in [0.4, 0.5) is 0 Å². The van der Waals surface area contributed by atoms with E-state index in [0.29, 0.717) is 0 Å². The molecule has 0 atom stereocenters. The molecule has 0 aliphatic rings. The first-order chi connectivity index (χ1) is 9.24. The molecule has 0 radical (unpaired) electrons. The minimum Gasteiger partial charge on any atom is -0.313 e. The summed E-state index contributed by atoms with van der Waals surface area (Å²) in [6, 6.07) is 8.68. The van der Waals surface area contributed by atoms with Crippen molar-refractivity contribution in [2.75, 3.05) is 6.54 Å². The van der Waals surface area contributed by atoms with Gasteiger partial charge in [-0.3, -0.25) is 4.68 Å². The highest BCUT2D eigenvalue weighted by molar-refractivity contribution is 5.23. The fourth-order valence-corrected chi connectivity index (χ4v) is 2.27. The van der Waals surface area contributed by atoms with Gasteiger partial charge in [-0.05, 0) is 25.5 Å². The minimum atomic E-state index is 0.857. The third-order valence-corrected chi connectivity index (χ3v) is 3.39. The van der Waals surface area contributed by atoms with Crippen molar-refractivity contribution in [3.8, 4) is 0 Å². The van der Waals surface area contributed by atoms with Crippen molar-refractivity contribution in [1.29, 1.82) is 0 Å². The maximum atomic E-state index is 4.53. The number of benzene rings is 1. The Hall–Kier alpha value is -1.61. The van der Waals surface area contributed by atoms with Crippen molar-refractivity contribution in [2.45, 2.75) is 40.3 Å². The first kappa shape index (κ1) is 13.8. The van der Waals surface area contributed by atoms with E-state index >= 15 is 0 Å². The van der Waals surface area contributed by atoms with Crippen LogP contribution in [0.2, 0.25) is 0 Å². The van der Waals surface area contributed by atoms with Crippen molar-refractivity contribution >= 4 is 0 Å². The predicted octanol–water partition coefficient (Wildman–Crippen LogP) is 2.91. The second kappa shape index (κ2) is 6.53. The Morgan fingerprint density at radius 2 is 1.89 bits per heavy atom. The van der Waals surface area contributed by atoms with Crippen molar-refractivity contribution in [2.24, 2.45) is 0 Å². The normalized spacial score (nSPS) is 10.9. The predicted molar refractivity (Wildman–Crippen MR) is 79.3 cm³/mol. The van der Waals surface area contributed by atoms with Crippen molar-refractivity contribution < 1.29 is 0 Å². The van der Waals surface area contributed by atoms with E-state index in [9.17, 15) is 0 Å². The molecule has 0 saturated heterocycles. The molecule has 0 saturated carbocycles. The van der Waals surface area contributed by atoms with Crippen molar-refractivity contribution in [3.05, 3.63) is 52.8 Å². The molecule has 0 unspecified atom stereocenters. The highest BCUT2D eigenvalue weighted by Gasteiger charge is 2.08. The van der Waals surface area contributed by atoms with E-state index in [0.717, 1.165) is 26.1 Å². The molecule has 1 heterocycles. The van der Waals surface area contributed by atoms with Crippen LogP contribution in [0.1, 0.15) is 36.2 Å². The van der Waals surface area contributed by atoms with Gasteiger partial charge in [0.15, 0.2) is 0 Å². The van der Waals surface area contributed by atoms with Gasteiger partial charge < -0.3 is 5.32 Å². The highest BCUT2D eigenvalue weighted by atomic mass is 15.3. The molecule has 0 aliphatic carbocycles. The standard InChI is InChI=1S/C16H23N3/c1-4-16-15(10-17-5-2)11-18-19(16)12-14-8-6-13(3)7-9-14/h6-9,11,17H,4-5,10,12H2,1-3H3. The summed E-state index contributed by atoms with van der Waals surface area (Å²) in [5, 5.41) is 7.90. The first-order valence-electron chi connectivity index (χ1n) is 7.04. The topological polar surface area (TPSA) is 29.9 Å². The Kier molecular flexibility index (Phi) is 4.74. The largest absolute Gasteiger partial charge is 0.313 e. The smallest absolute Gasteiger partial charge is 0.0662 e. The van der Waals surface area contributed by atoms with E-state index in [1.807, 2.05) is 6.20 Å². The van der Waals surface area contributed by atoms with Gasteiger partial charge in [-0.25, -0.2) is 0 Å². The van der Waals surface area contributed by atoms with E-state index in [-0.39, 0.29) is 0 Å². The number of aryl methyl sites for hydroxylation is 1. The van der Waals surface area contributed by atoms with Crippen LogP contribution >= 0.6 is 0 Å². The maximum absolute atomic E-state index is 4.53. The van der Waals surface area contributed by atoms with Gasteiger partial charge in [0.05, 0.1) is 12.7 Å². The number of nitrogens with one attached hydrogen (secondary N) is 1. The fourth-order valence-electron chi connectivity index (χ4n) is 2.27. The second-order valence-corrected chi connectivity index (χ2v) is 4.89. The van der Waals surface area contributed by atoms with Crippen LogP contribution in [0.25, 0.3) is 0 Å². The average molecular weight is 257 g/mol. The minimum absolute atomic E-state index is 0.857. The molecule has 0 amide bonds. The van der Waals surface area contributed by atoms with E-state index in [1.165, 1.54) is 22.4 Å². The van der Waals surface area contributed by atoms with Gasteiger partial charge in [-0.2, -0.15) is 5.10 Å². The third-order valence-electron chi connectivity index (χ3n) is 3.39. The summed E-state index contributed by atoms with van der Waals surface area (Å²) in [7, 11) is 0. The monoisotopic (exact) mass is 257 g/mol. The molecular formula is C16H23N3. The molecule has 2 aromatic rings. The summed E-state index contributed by atoms with van der Waals surface area (Å²) in [6.45, 7) is 9.19. The van der Waals surface area contributed by atoms with E-state index in [1.54, 1.807) is 0 Å². The van der Waals surface area contributed by atoms with Crippen LogP contribution in [0.3, 0.4) is 0 Å².